The van der Waals surface area contributed by atoms with Crippen molar-refractivity contribution in [3.63, 3.8) is 0 Å². The second-order valence-electron chi connectivity index (χ2n) is 8.66. The molecule has 0 unspecified atom stereocenters. The second-order valence-corrected chi connectivity index (χ2v) is 8.66. The standard InChI is InChI=1S/C30H32FN/c1-2-3-4-5-6-7-22-8-13-26-19-27(15-14-25(26)18-22)28-16-17-29(30(31)20-28)24-11-9-23(21-32)10-12-24/h8-20H,2-7,21,32H2,1H3. The van der Waals surface area contributed by atoms with E-state index in [9.17, 15) is 4.39 Å². The average molecular weight is 426 g/mol. The maximum Gasteiger partial charge on any atom is 0.131 e. The van der Waals surface area contributed by atoms with E-state index in [-0.39, 0.29) is 5.82 Å². The van der Waals surface area contributed by atoms with Gasteiger partial charge >= 0.3 is 0 Å². The van der Waals surface area contributed by atoms with E-state index in [1.165, 1.54) is 48.4 Å². The number of unbranched alkanes of at least 4 members (excludes halogenated alkanes) is 4. The molecule has 2 N–H and O–H groups in total. The summed E-state index contributed by atoms with van der Waals surface area (Å²) in [6.07, 6.45) is 7.66. The first-order chi connectivity index (χ1) is 15.7. The van der Waals surface area contributed by atoms with E-state index in [4.69, 9.17) is 5.73 Å². The van der Waals surface area contributed by atoms with E-state index in [0.717, 1.165) is 28.7 Å². The summed E-state index contributed by atoms with van der Waals surface area (Å²) in [4.78, 5) is 0. The molecule has 32 heavy (non-hydrogen) atoms. The van der Waals surface area contributed by atoms with Crippen LogP contribution in [0.15, 0.2) is 78.9 Å². The van der Waals surface area contributed by atoms with Gasteiger partial charge in [-0.2, -0.15) is 0 Å². The van der Waals surface area contributed by atoms with Gasteiger partial charge < -0.3 is 5.73 Å². The Morgan fingerprint density at radius 3 is 2.00 bits per heavy atom. The van der Waals surface area contributed by atoms with Crippen molar-refractivity contribution < 1.29 is 4.39 Å². The highest BCUT2D eigenvalue weighted by Gasteiger charge is 2.08. The number of fused-ring (bicyclic) bond motifs is 1. The van der Waals surface area contributed by atoms with Crippen LogP contribution in [0.25, 0.3) is 33.0 Å². The van der Waals surface area contributed by atoms with E-state index in [1.807, 2.05) is 36.4 Å². The van der Waals surface area contributed by atoms with Crippen LogP contribution in [0.5, 0.6) is 0 Å². The lowest BCUT2D eigenvalue weighted by Crippen LogP contribution is -1.95. The molecule has 0 aliphatic rings. The van der Waals surface area contributed by atoms with Crippen molar-refractivity contribution in [2.45, 2.75) is 52.0 Å². The van der Waals surface area contributed by atoms with Gasteiger partial charge in [0.1, 0.15) is 5.82 Å². The molecule has 4 rings (SSSR count). The molecule has 0 aromatic heterocycles. The first-order valence-corrected chi connectivity index (χ1v) is 11.8. The summed E-state index contributed by atoms with van der Waals surface area (Å²) in [5, 5.41) is 2.44. The predicted molar refractivity (Wildman–Crippen MR) is 135 cm³/mol. The number of nitrogens with two attached hydrogens (primary N) is 1. The molecule has 0 saturated carbocycles. The van der Waals surface area contributed by atoms with Crippen molar-refractivity contribution in [3.8, 4) is 22.3 Å². The molecule has 0 saturated heterocycles. The minimum absolute atomic E-state index is 0.207. The fraction of sp³-hybridized carbons (Fsp3) is 0.267. The normalized spacial score (nSPS) is 11.2. The molecule has 0 radical (unpaired) electrons. The van der Waals surface area contributed by atoms with Crippen LogP contribution < -0.4 is 5.73 Å². The molecular weight excluding hydrogens is 393 g/mol. The second kappa shape index (κ2) is 10.6. The van der Waals surface area contributed by atoms with Crippen LogP contribution in [-0.2, 0) is 13.0 Å². The third kappa shape index (κ3) is 5.26. The number of hydrogen-bond acceptors (Lipinski definition) is 1. The van der Waals surface area contributed by atoms with Crippen LogP contribution in [-0.4, -0.2) is 0 Å². The van der Waals surface area contributed by atoms with E-state index in [2.05, 4.69) is 43.3 Å². The number of halogens is 1. The van der Waals surface area contributed by atoms with E-state index < -0.39 is 0 Å². The topological polar surface area (TPSA) is 26.0 Å². The molecule has 0 atom stereocenters. The number of benzene rings is 4. The molecule has 4 aromatic rings. The largest absolute Gasteiger partial charge is 0.326 e. The Balaban J connectivity index is 1.51. The smallest absolute Gasteiger partial charge is 0.131 e. The molecule has 0 heterocycles. The third-order valence-corrected chi connectivity index (χ3v) is 6.28. The zero-order valence-corrected chi connectivity index (χ0v) is 18.9. The average Bonchev–Trinajstić information content (AvgIpc) is 2.83. The molecule has 0 bridgehead atoms. The van der Waals surface area contributed by atoms with E-state index >= 15 is 0 Å². The van der Waals surface area contributed by atoms with Gasteiger partial charge in [-0.3, -0.25) is 0 Å². The molecule has 0 spiro atoms. The quantitative estimate of drug-likeness (QED) is 0.268. The summed E-state index contributed by atoms with van der Waals surface area (Å²) < 4.78 is 14.9. The van der Waals surface area contributed by atoms with Crippen molar-refractivity contribution in [1.29, 1.82) is 0 Å². The number of rotatable bonds is 9. The summed E-state index contributed by atoms with van der Waals surface area (Å²) >= 11 is 0. The van der Waals surface area contributed by atoms with Crippen LogP contribution in [0.4, 0.5) is 4.39 Å². The van der Waals surface area contributed by atoms with Crippen LogP contribution in [0.1, 0.15) is 50.2 Å². The molecule has 0 aliphatic heterocycles. The van der Waals surface area contributed by atoms with Gasteiger partial charge in [0.2, 0.25) is 0 Å². The molecule has 0 amide bonds. The van der Waals surface area contributed by atoms with Gasteiger partial charge in [0, 0.05) is 12.1 Å². The van der Waals surface area contributed by atoms with Crippen molar-refractivity contribution in [2.24, 2.45) is 5.73 Å². The maximum atomic E-state index is 14.9. The Labute approximate surface area is 191 Å². The Morgan fingerprint density at radius 2 is 1.25 bits per heavy atom. The Morgan fingerprint density at radius 1 is 0.625 bits per heavy atom. The summed E-state index contributed by atoms with van der Waals surface area (Å²) in [5.74, 6) is -0.207. The van der Waals surface area contributed by atoms with Crippen LogP contribution in [0.2, 0.25) is 0 Å². The summed E-state index contributed by atoms with van der Waals surface area (Å²) in [6, 6.07) is 26.4. The zero-order chi connectivity index (χ0) is 22.3. The van der Waals surface area contributed by atoms with Crippen molar-refractivity contribution >= 4 is 10.8 Å². The highest BCUT2D eigenvalue weighted by Crippen LogP contribution is 2.30. The molecule has 0 fully saturated rings. The fourth-order valence-electron chi connectivity index (χ4n) is 4.31. The Hall–Kier alpha value is -2.97. The van der Waals surface area contributed by atoms with Gasteiger partial charge in [0.05, 0.1) is 0 Å². The third-order valence-electron chi connectivity index (χ3n) is 6.28. The van der Waals surface area contributed by atoms with Gasteiger partial charge in [-0.25, -0.2) is 4.39 Å². The number of aryl methyl sites for hydroxylation is 1. The minimum Gasteiger partial charge on any atom is -0.326 e. The highest BCUT2D eigenvalue weighted by atomic mass is 19.1. The molecule has 2 heteroatoms. The lowest BCUT2D eigenvalue weighted by molar-refractivity contribution is 0.632. The molecule has 4 aromatic carbocycles. The Bertz CT molecular complexity index is 1180. The highest BCUT2D eigenvalue weighted by molar-refractivity contribution is 5.88. The van der Waals surface area contributed by atoms with Gasteiger partial charge in [-0.1, -0.05) is 99.3 Å². The van der Waals surface area contributed by atoms with Crippen molar-refractivity contribution in [1.82, 2.24) is 0 Å². The molecule has 1 nitrogen and oxygen atoms in total. The van der Waals surface area contributed by atoms with Gasteiger partial charge in [-0.05, 0) is 63.6 Å². The lowest BCUT2D eigenvalue weighted by Gasteiger charge is -2.09. The van der Waals surface area contributed by atoms with Gasteiger partial charge in [0.25, 0.3) is 0 Å². The molecule has 164 valence electrons. The fourth-order valence-corrected chi connectivity index (χ4v) is 4.31. The first kappa shape index (κ1) is 22.2. The Kier molecular flexibility index (Phi) is 7.34. The van der Waals surface area contributed by atoms with Gasteiger partial charge in [0.15, 0.2) is 0 Å². The summed E-state index contributed by atoms with van der Waals surface area (Å²) in [7, 11) is 0. The van der Waals surface area contributed by atoms with E-state index in [0.29, 0.717) is 12.1 Å². The minimum atomic E-state index is -0.207. The van der Waals surface area contributed by atoms with Crippen LogP contribution in [0.3, 0.4) is 0 Å². The number of hydrogen-bond donors (Lipinski definition) is 1. The molecular formula is C30H32FN. The van der Waals surface area contributed by atoms with E-state index in [1.54, 1.807) is 6.07 Å². The van der Waals surface area contributed by atoms with Crippen molar-refractivity contribution in [3.05, 3.63) is 95.8 Å². The van der Waals surface area contributed by atoms with Gasteiger partial charge in [-0.15, -0.1) is 0 Å². The van der Waals surface area contributed by atoms with Crippen LogP contribution in [0, 0.1) is 5.82 Å². The van der Waals surface area contributed by atoms with Crippen molar-refractivity contribution in [2.75, 3.05) is 0 Å². The maximum absolute atomic E-state index is 14.9. The SMILES string of the molecule is CCCCCCCc1ccc2cc(-c3ccc(-c4ccc(CN)cc4)c(F)c3)ccc2c1. The summed E-state index contributed by atoms with van der Waals surface area (Å²) in [5.41, 5.74) is 11.5. The monoisotopic (exact) mass is 425 g/mol. The predicted octanol–water partition coefficient (Wildman–Crippen LogP) is 8.28. The molecule has 0 aliphatic carbocycles. The summed E-state index contributed by atoms with van der Waals surface area (Å²) in [6.45, 7) is 2.74. The van der Waals surface area contributed by atoms with Crippen LogP contribution >= 0.6 is 0 Å². The zero-order valence-electron chi connectivity index (χ0n) is 18.9. The first-order valence-electron chi connectivity index (χ1n) is 11.8. The lowest BCUT2D eigenvalue weighted by atomic mass is 9.96.